The molecule has 2 heteroatoms. The Balaban J connectivity index is 2.03. The predicted octanol–water partition coefficient (Wildman–Crippen LogP) is 4.37. The molecule has 1 aromatic rings. The maximum absolute atomic E-state index is 3.55. The van der Waals surface area contributed by atoms with Gasteiger partial charge in [-0.25, -0.2) is 0 Å². The van der Waals surface area contributed by atoms with Gasteiger partial charge in [0.25, 0.3) is 0 Å². The molecule has 0 bridgehead atoms. The van der Waals surface area contributed by atoms with Gasteiger partial charge in [0.15, 0.2) is 0 Å². The molecule has 0 radical (unpaired) electrons. The minimum Gasteiger partial charge on any atom is -0.372 e. The highest BCUT2D eigenvalue weighted by Gasteiger charge is 2.14. The summed E-state index contributed by atoms with van der Waals surface area (Å²) in [6.45, 7) is 10.3. The lowest BCUT2D eigenvalue weighted by Gasteiger charge is -2.24. The second kappa shape index (κ2) is 7.68. The molecule has 1 aliphatic rings. The zero-order valence-electron chi connectivity index (χ0n) is 13.4. The van der Waals surface area contributed by atoms with Gasteiger partial charge >= 0.3 is 0 Å². The Labute approximate surface area is 124 Å². The molecule has 0 aliphatic carbocycles. The van der Waals surface area contributed by atoms with Crippen LogP contribution in [0.1, 0.15) is 58.1 Å². The van der Waals surface area contributed by atoms with Crippen LogP contribution in [0.5, 0.6) is 0 Å². The summed E-state index contributed by atoms with van der Waals surface area (Å²) in [4.78, 5) is 2.56. The third-order valence-corrected chi connectivity index (χ3v) is 4.54. The quantitative estimate of drug-likeness (QED) is 0.857. The molecule has 1 aliphatic heterocycles. The van der Waals surface area contributed by atoms with Gasteiger partial charge in [-0.3, -0.25) is 0 Å². The Bertz CT molecular complexity index is 385. The molecule has 1 saturated heterocycles. The first-order valence-electron chi connectivity index (χ1n) is 8.32. The first kappa shape index (κ1) is 15.4. The van der Waals surface area contributed by atoms with Crippen molar-refractivity contribution in [3.8, 4) is 0 Å². The molecule has 1 aromatic carbocycles. The van der Waals surface area contributed by atoms with Gasteiger partial charge in [0, 0.05) is 24.8 Å². The topological polar surface area (TPSA) is 15.3 Å². The summed E-state index contributed by atoms with van der Waals surface area (Å²) in [5.41, 5.74) is 2.82. The van der Waals surface area contributed by atoms with Gasteiger partial charge in [0.1, 0.15) is 0 Å². The van der Waals surface area contributed by atoms with E-state index in [1.54, 1.807) is 0 Å². The van der Waals surface area contributed by atoms with Crippen molar-refractivity contribution in [1.29, 1.82) is 0 Å². The van der Waals surface area contributed by atoms with Gasteiger partial charge in [0.05, 0.1) is 0 Å². The first-order chi connectivity index (χ1) is 9.74. The number of anilines is 1. The number of nitrogens with zero attached hydrogens (tertiary/aromatic N) is 1. The zero-order valence-corrected chi connectivity index (χ0v) is 13.4. The van der Waals surface area contributed by atoms with E-state index >= 15 is 0 Å². The Morgan fingerprint density at radius 3 is 2.55 bits per heavy atom. The van der Waals surface area contributed by atoms with Crippen LogP contribution in [0.4, 0.5) is 5.69 Å². The van der Waals surface area contributed by atoms with Crippen molar-refractivity contribution in [1.82, 2.24) is 5.32 Å². The molecule has 0 amide bonds. The molecule has 1 fully saturated rings. The van der Waals surface area contributed by atoms with E-state index in [0.717, 1.165) is 18.9 Å². The van der Waals surface area contributed by atoms with E-state index in [1.807, 2.05) is 0 Å². The number of benzene rings is 1. The van der Waals surface area contributed by atoms with Crippen LogP contribution in [0.25, 0.3) is 0 Å². The van der Waals surface area contributed by atoms with E-state index in [1.165, 1.54) is 43.6 Å². The fourth-order valence-electron chi connectivity index (χ4n) is 3.18. The lowest BCUT2D eigenvalue weighted by atomic mass is 10.0. The van der Waals surface area contributed by atoms with Gasteiger partial charge < -0.3 is 10.2 Å². The third kappa shape index (κ3) is 3.99. The fourth-order valence-corrected chi connectivity index (χ4v) is 3.18. The van der Waals surface area contributed by atoms with E-state index in [2.05, 4.69) is 55.3 Å². The maximum Gasteiger partial charge on any atom is 0.0366 e. The molecule has 20 heavy (non-hydrogen) atoms. The molecule has 1 N–H and O–H groups in total. The highest BCUT2D eigenvalue weighted by atomic mass is 15.1. The van der Waals surface area contributed by atoms with Crippen molar-refractivity contribution in [3.63, 3.8) is 0 Å². The number of hydrogen-bond acceptors (Lipinski definition) is 2. The van der Waals surface area contributed by atoms with E-state index in [4.69, 9.17) is 0 Å². The predicted molar refractivity (Wildman–Crippen MR) is 88.4 cm³/mol. The van der Waals surface area contributed by atoms with Crippen molar-refractivity contribution >= 4 is 5.69 Å². The summed E-state index contributed by atoms with van der Waals surface area (Å²) >= 11 is 0. The van der Waals surface area contributed by atoms with Crippen molar-refractivity contribution < 1.29 is 0 Å². The minimum atomic E-state index is 0.498. The number of hydrogen-bond donors (Lipinski definition) is 1. The molecule has 112 valence electrons. The molecular formula is C18H30N2. The second-order valence-electron chi connectivity index (χ2n) is 6.13. The Morgan fingerprint density at radius 1 is 1.15 bits per heavy atom. The Morgan fingerprint density at radius 2 is 1.90 bits per heavy atom. The van der Waals surface area contributed by atoms with Crippen LogP contribution >= 0.6 is 0 Å². The maximum atomic E-state index is 3.55. The standard InChI is InChI=1S/C18H30N2/c1-4-18(19-5-2)16-8-10-17(11-9-16)20-13-6-7-15(3)12-14-20/h8-11,15,18-19H,4-7,12-14H2,1-3H3. The van der Waals surface area contributed by atoms with Crippen LogP contribution in [0, 0.1) is 5.92 Å². The smallest absolute Gasteiger partial charge is 0.0366 e. The first-order valence-corrected chi connectivity index (χ1v) is 8.32. The summed E-state index contributed by atoms with van der Waals surface area (Å²) in [7, 11) is 0. The zero-order chi connectivity index (χ0) is 14.4. The van der Waals surface area contributed by atoms with Crippen LogP contribution in [-0.2, 0) is 0 Å². The number of nitrogens with one attached hydrogen (secondary N) is 1. The van der Waals surface area contributed by atoms with Crippen LogP contribution in [0.2, 0.25) is 0 Å². The molecule has 0 saturated carbocycles. The van der Waals surface area contributed by atoms with E-state index < -0.39 is 0 Å². The highest BCUT2D eigenvalue weighted by Crippen LogP contribution is 2.25. The molecular weight excluding hydrogens is 244 g/mol. The molecule has 2 unspecified atom stereocenters. The lowest BCUT2D eigenvalue weighted by Crippen LogP contribution is -2.24. The van der Waals surface area contributed by atoms with Crippen molar-refractivity contribution in [3.05, 3.63) is 29.8 Å². The van der Waals surface area contributed by atoms with Gasteiger partial charge in [-0.05, 0) is 55.8 Å². The van der Waals surface area contributed by atoms with E-state index in [9.17, 15) is 0 Å². The molecule has 2 rings (SSSR count). The van der Waals surface area contributed by atoms with Gasteiger partial charge in [-0.1, -0.05) is 32.9 Å². The SMILES string of the molecule is CCNC(CC)c1ccc(N2CCCC(C)CC2)cc1. The van der Waals surface area contributed by atoms with Crippen LogP contribution < -0.4 is 10.2 Å². The van der Waals surface area contributed by atoms with Crippen molar-refractivity contribution in [2.24, 2.45) is 5.92 Å². The number of rotatable bonds is 5. The normalized spacial score (nSPS) is 21.6. The summed E-state index contributed by atoms with van der Waals surface area (Å²) in [5.74, 6) is 0.887. The average molecular weight is 274 g/mol. The summed E-state index contributed by atoms with van der Waals surface area (Å²) in [5, 5.41) is 3.55. The van der Waals surface area contributed by atoms with Gasteiger partial charge in [-0.2, -0.15) is 0 Å². The Hall–Kier alpha value is -1.02. The lowest BCUT2D eigenvalue weighted by molar-refractivity contribution is 0.521. The molecule has 1 heterocycles. The van der Waals surface area contributed by atoms with Crippen LogP contribution in [0.3, 0.4) is 0 Å². The molecule has 2 atom stereocenters. The Kier molecular flexibility index (Phi) is 5.90. The third-order valence-electron chi connectivity index (χ3n) is 4.54. The largest absolute Gasteiger partial charge is 0.372 e. The van der Waals surface area contributed by atoms with Crippen molar-refractivity contribution in [2.75, 3.05) is 24.5 Å². The highest BCUT2D eigenvalue weighted by molar-refractivity contribution is 5.48. The average Bonchev–Trinajstić information content (AvgIpc) is 2.70. The molecule has 0 aromatic heterocycles. The van der Waals surface area contributed by atoms with Crippen LogP contribution in [-0.4, -0.2) is 19.6 Å². The van der Waals surface area contributed by atoms with E-state index in [0.29, 0.717) is 6.04 Å². The molecule has 0 spiro atoms. The minimum absolute atomic E-state index is 0.498. The summed E-state index contributed by atoms with van der Waals surface area (Å²) < 4.78 is 0. The van der Waals surface area contributed by atoms with Crippen molar-refractivity contribution in [2.45, 2.75) is 52.5 Å². The fraction of sp³-hybridized carbons (Fsp3) is 0.667. The second-order valence-corrected chi connectivity index (χ2v) is 6.13. The monoisotopic (exact) mass is 274 g/mol. The van der Waals surface area contributed by atoms with Gasteiger partial charge in [-0.15, -0.1) is 0 Å². The summed E-state index contributed by atoms with van der Waals surface area (Å²) in [6, 6.07) is 9.73. The van der Waals surface area contributed by atoms with E-state index in [-0.39, 0.29) is 0 Å². The molecule has 2 nitrogen and oxygen atoms in total. The van der Waals surface area contributed by atoms with Crippen LogP contribution in [0.15, 0.2) is 24.3 Å². The van der Waals surface area contributed by atoms with Gasteiger partial charge in [0.2, 0.25) is 0 Å². The summed E-state index contributed by atoms with van der Waals surface area (Å²) in [6.07, 6.45) is 5.19.